The third kappa shape index (κ3) is 3.97. The normalized spacial score (nSPS) is 16.0. The summed E-state index contributed by atoms with van der Waals surface area (Å²) in [6.45, 7) is 6.19. The molecule has 0 radical (unpaired) electrons. The summed E-state index contributed by atoms with van der Waals surface area (Å²) < 4.78 is 0. The quantitative estimate of drug-likeness (QED) is 0.846. The Hall–Kier alpha value is -1.55. The lowest BCUT2D eigenvalue weighted by Crippen LogP contribution is -2.36. The van der Waals surface area contributed by atoms with Crippen LogP contribution < -0.4 is 10.2 Å². The van der Waals surface area contributed by atoms with Gasteiger partial charge in [0.05, 0.1) is 5.56 Å². The Morgan fingerprint density at radius 3 is 2.71 bits per heavy atom. The Labute approximate surface area is 127 Å². The zero-order chi connectivity index (χ0) is 15.2. The molecule has 1 heterocycles. The number of rotatable bonds is 6. The number of hydrogen-bond acceptors (Lipinski definition) is 3. The first kappa shape index (κ1) is 15.8. The fraction of sp³-hybridized carbons (Fsp3) is 0.588. The van der Waals surface area contributed by atoms with Crippen LogP contribution in [0.2, 0.25) is 0 Å². The number of amides is 1. The van der Waals surface area contributed by atoms with Gasteiger partial charge in [-0.05, 0) is 44.7 Å². The standard InChI is InChI=1S/C17H26N2O2/c1-3-14(8-11-20)18-17(21)15-12-13(2)6-7-16(15)19-9-4-5-10-19/h6-7,12,14,20H,3-5,8-11H2,1-2H3,(H,18,21). The second kappa shape index (κ2) is 7.46. The van der Waals surface area contributed by atoms with E-state index in [9.17, 15) is 4.79 Å². The van der Waals surface area contributed by atoms with Crippen molar-refractivity contribution >= 4 is 11.6 Å². The average Bonchev–Trinajstić information content (AvgIpc) is 3.00. The lowest BCUT2D eigenvalue weighted by atomic mass is 10.1. The van der Waals surface area contributed by atoms with E-state index in [1.165, 1.54) is 12.8 Å². The lowest BCUT2D eigenvalue weighted by molar-refractivity contribution is 0.0929. The van der Waals surface area contributed by atoms with Crippen LogP contribution in [0.25, 0.3) is 0 Å². The van der Waals surface area contributed by atoms with Gasteiger partial charge in [0.2, 0.25) is 0 Å². The van der Waals surface area contributed by atoms with Crippen LogP contribution >= 0.6 is 0 Å². The van der Waals surface area contributed by atoms with Crippen LogP contribution in [0.5, 0.6) is 0 Å². The maximum absolute atomic E-state index is 12.6. The Morgan fingerprint density at radius 2 is 2.10 bits per heavy atom. The number of nitrogens with one attached hydrogen (secondary N) is 1. The highest BCUT2D eigenvalue weighted by Crippen LogP contribution is 2.26. The molecule has 1 atom stereocenters. The van der Waals surface area contributed by atoms with Crippen LogP contribution in [-0.2, 0) is 0 Å². The number of aliphatic hydroxyl groups is 1. The number of carbonyl (C=O) groups excluding carboxylic acids is 1. The van der Waals surface area contributed by atoms with E-state index in [0.29, 0.717) is 6.42 Å². The molecule has 1 saturated heterocycles. The number of hydrogen-bond donors (Lipinski definition) is 2. The van der Waals surface area contributed by atoms with Crippen molar-refractivity contribution in [3.63, 3.8) is 0 Å². The van der Waals surface area contributed by atoms with E-state index in [4.69, 9.17) is 5.11 Å². The Kier molecular flexibility index (Phi) is 5.62. The molecule has 1 fully saturated rings. The number of anilines is 1. The van der Waals surface area contributed by atoms with Gasteiger partial charge < -0.3 is 15.3 Å². The summed E-state index contributed by atoms with van der Waals surface area (Å²) in [5.41, 5.74) is 2.89. The van der Waals surface area contributed by atoms with Crippen LogP contribution in [0, 0.1) is 6.92 Å². The lowest BCUT2D eigenvalue weighted by Gasteiger charge is -2.23. The minimum absolute atomic E-state index is 0.0269. The predicted octanol–water partition coefficient (Wildman–Crippen LogP) is 2.49. The van der Waals surface area contributed by atoms with E-state index >= 15 is 0 Å². The van der Waals surface area contributed by atoms with Gasteiger partial charge in [0.25, 0.3) is 5.91 Å². The number of aliphatic hydroxyl groups excluding tert-OH is 1. The van der Waals surface area contributed by atoms with E-state index in [2.05, 4.69) is 22.3 Å². The Morgan fingerprint density at radius 1 is 1.38 bits per heavy atom. The molecular formula is C17H26N2O2. The molecule has 0 spiro atoms. The first-order valence-corrected chi connectivity index (χ1v) is 7.93. The predicted molar refractivity (Wildman–Crippen MR) is 85.9 cm³/mol. The van der Waals surface area contributed by atoms with Crippen molar-refractivity contribution in [1.82, 2.24) is 5.32 Å². The minimum atomic E-state index is -0.0269. The molecule has 4 nitrogen and oxygen atoms in total. The van der Waals surface area contributed by atoms with Crippen LogP contribution in [0.15, 0.2) is 18.2 Å². The fourth-order valence-corrected chi connectivity index (χ4v) is 2.86. The molecule has 1 unspecified atom stereocenters. The Bertz CT molecular complexity index is 482. The summed E-state index contributed by atoms with van der Waals surface area (Å²) in [6, 6.07) is 6.13. The summed E-state index contributed by atoms with van der Waals surface area (Å²) in [5.74, 6) is -0.0269. The van der Waals surface area contributed by atoms with Crippen molar-refractivity contribution in [2.75, 3.05) is 24.6 Å². The van der Waals surface area contributed by atoms with Crippen molar-refractivity contribution in [1.29, 1.82) is 0 Å². The molecule has 2 rings (SSSR count). The summed E-state index contributed by atoms with van der Waals surface area (Å²) >= 11 is 0. The van der Waals surface area contributed by atoms with Crippen LogP contribution in [0.1, 0.15) is 48.5 Å². The van der Waals surface area contributed by atoms with Gasteiger partial charge in [0, 0.05) is 31.4 Å². The maximum atomic E-state index is 12.6. The van der Waals surface area contributed by atoms with Crippen molar-refractivity contribution in [3.8, 4) is 0 Å². The molecule has 21 heavy (non-hydrogen) atoms. The summed E-state index contributed by atoms with van der Waals surface area (Å²) in [6.07, 6.45) is 3.82. The van der Waals surface area contributed by atoms with Crippen LogP contribution in [-0.4, -0.2) is 36.8 Å². The SMILES string of the molecule is CCC(CCO)NC(=O)c1cc(C)ccc1N1CCCC1. The first-order valence-electron chi connectivity index (χ1n) is 7.93. The number of benzene rings is 1. The average molecular weight is 290 g/mol. The van der Waals surface area contributed by atoms with Crippen molar-refractivity contribution < 1.29 is 9.90 Å². The zero-order valence-electron chi connectivity index (χ0n) is 13.1. The molecule has 1 aliphatic rings. The molecule has 116 valence electrons. The molecule has 0 aliphatic carbocycles. The molecule has 2 N–H and O–H groups in total. The second-order valence-corrected chi connectivity index (χ2v) is 5.81. The number of carbonyl (C=O) groups is 1. The Balaban J connectivity index is 2.20. The summed E-state index contributed by atoms with van der Waals surface area (Å²) in [4.78, 5) is 14.9. The summed E-state index contributed by atoms with van der Waals surface area (Å²) in [7, 11) is 0. The van der Waals surface area contributed by atoms with Gasteiger partial charge in [-0.1, -0.05) is 18.6 Å². The molecular weight excluding hydrogens is 264 g/mol. The van der Waals surface area contributed by atoms with Crippen LogP contribution in [0.4, 0.5) is 5.69 Å². The van der Waals surface area contributed by atoms with E-state index in [1.54, 1.807) is 0 Å². The van der Waals surface area contributed by atoms with Crippen molar-refractivity contribution in [2.45, 2.75) is 45.6 Å². The highest BCUT2D eigenvalue weighted by molar-refractivity contribution is 6.00. The van der Waals surface area contributed by atoms with Gasteiger partial charge >= 0.3 is 0 Å². The molecule has 0 aromatic heterocycles. The highest BCUT2D eigenvalue weighted by Gasteiger charge is 2.21. The van der Waals surface area contributed by atoms with E-state index in [-0.39, 0.29) is 18.6 Å². The highest BCUT2D eigenvalue weighted by atomic mass is 16.3. The molecule has 0 bridgehead atoms. The van der Waals surface area contributed by atoms with Gasteiger partial charge in [-0.2, -0.15) is 0 Å². The van der Waals surface area contributed by atoms with Gasteiger partial charge in [0.1, 0.15) is 0 Å². The number of aryl methyl sites for hydroxylation is 1. The van der Waals surface area contributed by atoms with Crippen molar-refractivity contribution in [2.24, 2.45) is 0 Å². The fourth-order valence-electron chi connectivity index (χ4n) is 2.86. The molecule has 1 aromatic rings. The first-order chi connectivity index (χ1) is 10.2. The largest absolute Gasteiger partial charge is 0.396 e. The van der Waals surface area contributed by atoms with E-state index in [1.807, 2.05) is 19.9 Å². The van der Waals surface area contributed by atoms with Crippen molar-refractivity contribution in [3.05, 3.63) is 29.3 Å². The maximum Gasteiger partial charge on any atom is 0.253 e. The van der Waals surface area contributed by atoms with Gasteiger partial charge in [-0.25, -0.2) is 0 Å². The van der Waals surface area contributed by atoms with Gasteiger partial charge in [-0.15, -0.1) is 0 Å². The third-order valence-corrected chi connectivity index (χ3v) is 4.15. The minimum Gasteiger partial charge on any atom is -0.396 e. The monoisotopic (exact) mass is 290 g/mol. The molecule has 1 aromatic carbocycles. The van der Waals surface area contributed by atoms with Crippen LogP contribution in [0.3, 0.4) is 0 Å². The zero-order valence-corrected chi connectivity index (χ0v) is 13.1. The molecule has 4 heteroatoms. The van der Waals surface area contributed by atoms with E-state index < -0.39 is 0 Å². The molecule has 0 saturated carbocycles. The number of nitrogens with zero attached hydrogens (tertiary/aromatic N) is 1. The summed E-state index contributed by atoms with van der Waals surface area (Å²) in [5, 5.41) is 12.1. The van der Waals surface area contributed by atoms with Gasteiger partial charge in [-0.3, -0.25) is 4.79 Å². The third-order valence-electron chi connectivity index (χ3n) is 4.15. The topological polar surface area (TPSA) is 52.6 Å². The second-order valence-electron chi connectivity index (χ2n) is 5.81. The van der Waals surface area contributed by atoms with E-state index in [0.717, 1.165) is 36.3 Å². The molecule has 1 amide bonds. The molecule has 1 aliphatic heterocycles. The smallest absolute Gasteiger partial charge is 0.253 e. The van der Waals surface area contributed by atoms with Gasteiger partial charge in [0.15, 0.2) is 0 Å².